The molecule has 1 saturated heterocycles. The average Bonchev–Trinajstić information content (AvgIpc) is 3.00. The Morgan fingerprint density at radius 1 is 1.07 bits per heavy atom. The van der Waals surface area contributed by atoms with Crippen LogP contribution < -0.4 is 10.5 Å². The second kappa shape index (κ2) is 8.49. The number of amides is 1. The summed E-state index contributed by atoms with van der Waals surface area (Å²) in [6.45, 7) is 3.20. The number of imidazole rings is 1. The van der Waals surface area contributed by atoms with Crippen molar-refractivity contribution in [2.75, 3.05) is 6.61 Å². The lowest BCUT2D eigenvalue weighted by atomic mass is 10.0. The Labute approximate surface area is 153 Å². The van der Waals surface area contributed by atoms with Gasteiger partial charge in [-0.15, -0.1) is 0 Å². The van der Waals surface area contributed by atoms with E-state index < -0.39 is 48.4 Å². The molecule has 0 radical (unpaired) electrons. The maximum atomic E-state index is 11.5. The van der Waals surface area contributed by atoms with Crippen LogP contribution in [0.3, 0.4) is 0 Å². The topological polar surface area (TPSA) is 169 Å². The van der Waals surface area contributed by atoms with Gasteiger partial charge in [0, 0.05) is 20.8 Å². The van der Waals surface area contributed by atoms with Gasteiger partial charge in [-0.25, -0.2) is 4.98 Å². The molecule has 0 aromatic carbocycles. The van der Waals surface area contributed by atoms with E-state index in [0.29, 0.717) is 0 Å². The highest BCUT2D eigenvalue weighted by molar-refractivity contribution is 5.93. The molecule has 1 amide bonds. The van der Waals surface area contributed by atoms with Crippen LogP contribution >= 0.6 is 0 Å². The standard InChI is InChI=1S/C15H19N3O9/c1-6(19)24-9-4-23-15(27-14-10(13(16)22)17-5-18-14)12(26-8(3)21)11(9)25-7(2)20/h5,9,11-12,15H,4H2,1-3H3,(H2,16,22)(H,17,18)/t9-,11-,12+,15+/m1/s1. The van der Waals surface area contributed by atoms with Crippen molar-refractivity contribution in [1.82, 2.24) is 9.97 Å². The lowest BCUT2D eigenvalue weighted by Gasteiger charge is -2.39. The van der Waals surface area contributed by atoms with Crippen LogP contribution in [0.4, 0.5) is 0 Å². The number of ether oxygens (including phenoxy) is 5. The molecular weight excluding hydrogens is 366 g/mol. The smallest absolute Gasteiger partial charge is 0.303 e. The summed E-state index contributed by atoms with van der Waals surface area (Å²) < 4.78 is 26.4. The molecule has 0 saturated carbocycles. The minimum atomic E-state index is -1.31. The molecule has 27 heavy (non-hydrogen) atoms. The van der Waals surface area contributed by atoms with Gasteiger partial charge in [0.1, 0.15) is 0 Å². The Kier molecular flexibility index (Phi) is 6.34. The number of nitrogens with two attached hydrogens (primary N) is 1. The quantitative estimate of drug-likeness (QED) is 0.459. The fourth-order valence-corrected chi connectivity index (χ4v) is 2.47. The lowest BCUT2D eigenvalue weighted by Crippen LogP contribution is -2.59. The zero-order chi connectivity index (χ0) is 20.1. The highest BCUT2D eigenvalue weighted by atomic mass is 16.7. The molecule has 0 bridgehead atoms. The Balaban J connectivity index is 2.31. The normalized spacial score (nSPS) is 24.6. The van der Waals surface area contributed by atoms with Gasteiger partial charge in [0.25, 0.3) is 5.91 Å². The van der Waals surface area contributed by atoms with E-state index in [1.807, 2.05) is 0 Å². The van der Waals surface area contributed by atoms with Crippen molar-refractivity contribution in [3.05, 3.63) is 12.0 Å². The number of primary amides is 1. The summed E-state index contributed by atoms with van der Waals surface area (Å²) in [5.41, 5.74) is 5.07. The zero-order valence-electron chi connectivity index (χ0n) is 14.8. The zero-order valence-corrected chi connectivity index (χ0v) is 14.8. The Morgan fingerprint density at radius 2 is 1.67 bits per heavy atom. The van der Waals surface area contributed by atoms with Crippen molar-refractivity contribution >= 4 is 23.8 Å². The number of nitrogens with zero attached hydrogens (tertiary/aromatic N) is 1. The van der Waals surface area contributed by atoms with E-state index in [-0.39, 0.29) is 18.2 Å². The first kappa shape index (κ1) is 20.2. The Hall–Kier alpha value is -3.15. The van der Waals surface area contributed by atoms with Crippen molar-refractivity contribution in [2.45, 2.75) is 45.4 Å². The molecule has 0 aliphatic carbocycles. The third kappa shape index (κ3) is 5.17. The molecule has 148 valence electrons. The molecule has 0 unspecified atom stereocenters. The molecule has 1 aliphatic rings. The molecule has 12 heteroatoms. The summed E-state index contributed by atoms with van der Waals surface area (Å²) in [5.74, 6) is -3.11. The summed E-state index contributed by atoms with van der Waals surface area (Å²) >= 11 is 0. The maximum absolute atomic E-state index is 11.5. The number of carbonyl (C=O) groups excluding carboxylic acids is 4. The molecule has 1 aromatic heterocycles. The van der Waals surface area contributed by atoms with E-state index in [0.717, 1.165) is 20.8 Å². The van der Waals surface area contributed by atoms with Gasteiger partial charge in [-0.05, 0) is 0 Å². The summed E-state index contributed by atoms with van der Waals surface area (Å²) in [5, 5.41) is 0. The maximum Gasteiger partial charge on any atom is 0.303 e. The first-order valence-corrected chi connectivity index (χ1v) is 7.82. The van der Waals surface area contributed by atoms with Crippen LogP contribution in [-0.2, 0) is 33.3 Å². The second-order valence-electron chi connectivity index (χ2n) is 5.56. The molecule has 4 atom stereocenters. The number of aromatic amines is 1. The van der Waals surface area contributed by atoms with Crippen molar-refractivity contribution in [1.29, 1.82) is 0 Å². The molecule has 1 fully saturated rings. The molecule has 1 aromatic rings. The van der Waals surface area contributed by atoms with Gasteiger partial charge >= 0.3 is 17.9 Å². The largest absolute Gasteiger partial charge is 0.456 e. The highest BCUT2D eigenvalue weighted by Gasteiger charge is 2.48. The minimum absolute atomic E-state index is 0.133. The Bertz CT molecular complexity index is 732. The minimum Gasteiger partial charge on any atom is -0.456 e. The van der Waals surface area contributed by atoms with Crippen molar-refractivity contribution in [2.24, 2.45) is 5.73 Å². The van der Waals surface area contributed by atoms with Gasteiger partial charge in [-0.1, -0.05) is 0 Å². The average molecular weight is 385 g/mol. The predicted octanol–water partition coefficient (Wildman–Crippen LogP) is -0.961. The van der Waals surface area contributed by atoms with Gasteiger partial charge in [0.2, 0.25) is 18.3 Å². The van der Waals surface area contributed by atoms with Crippen molar-refractivity contribution < 1.29 is 42.9 Å². The van der Waals surface area contributed by atoms with Crippen LogP contribution in [0.15, 0.2) is 6.33 Å². The fraction of sp³-hybridized carbons (Fsp3) is 0.533. The van der Waals surface area contributed by atoms with Crippen molar-refractivity contribution in [3.63, 3.8) is 0 Å². The van der Waals surface area contributed by atoms with Gasteiger partial charge in [0.05, 0.1) is 12.9 Å². The van der Waals surface area contributed by atoms with E-state index in [1.165, 1.54) is 6.33 Å². The third-order valence-corrected chi connectivity index (χ3v) is 3.38. The van der Waals surface area contributed by atoms with Crippen molar-refractivity contribution in [3.8, 4) is 5.88 Å². The third-order valence-electron chi connectivity index (χ3n) is 3.38. The first-order chi connectivity index (χ1) is 12.7. The number of aromatic nitrogens is 2. The highest BCUT2D eigenvalue weighted by Crippen LogP contribution is 2.27. The SMILES string of the molecule is CC(=O)O[C@@H]1[C@H](Oc2nc[nH]c2C(N)=O)OC[C@@H](OC(C)=O)[C@H]1OC(C)=O. The number of carbonyl (C=O) groups is 4. The summed E-state index contributed by atoms with van der Waals surface area (Å²) in [6, 6.07) is 0. The van der Waals surface area contributed by atoms with E-state index >= 15 is 0 Å². The molecule has 0 spiro atoms. The number of H-pyrrole nitrogens is 1. The van der Waals surface area contributed by atoms with Crippen LogP contribution in [-0.4, -0.2) is 65.0 Å². The van der Waals surface area contributed by atoms with Gasteiger partial charge < -0.3 is 34.4 Å². The Morgan fingerprint density at radius 3 is 2.22 bits per heavy atom. The van der Waals surface area contributed by atoms with Crippen LogP contribution in [0.2, 0.25) is 0 Å². The molecule has 3 N–H and O–H groups in total. The lowest BCUT2D eigenvalue weighted by molar-refractivity contribution is -0.260. The predicted molar refractivity (Wildman–Crippen MR) is 84.1 cm³/mol. The molecular formula is C15H19N3O9. The second-order valence-corrected chi connectivity index (χ2v) is 5.56. The molecule has 12 nitrogen and oxygen atoms in total. The number of nitrogens with one attached hydrogen (secondary N) is 1. The number of hydrogen-bond acceptors (Lipinski definition) is 10. The monoisotopic (exact) mass is 385 g/mol. The van der Waals surface area contributed by atoms with Crippen LogP contribution in [0, 0.1) is 0 Å². The van der Waals surface area contributed by atoms with Gasteiger partial charge in [0.15, 0.2) is 17.9 Å². The summed E-state index contributed by atoms with van der Waals surface area (Å²) in [7, 11) is 0. The van der Waals surface area contributed by atoms with Gasteiger partial charge in [-0.2, -0.15) is 0 Å². The van der Waals surface area contributed by atoms with E-state index in [2.05, 4.69) is 9.97 Å². The summed E-state index contributed by atoms with van der Waals surface area (Å²) in [6.07, 6.45) is -3.69. The fourth-order valence-electron chi connectivity index (χ4n) is 2.47. The molecule has 2 rings (SSSR count). The van der Waals surface area contributed by atoms with E-state index in [4.69, 9.17) is 29.4 Å². The van der Waals surface area contributed by atoms with Crippen LogP contribution in [0.5, 0.6) is 5.88 Å². The number of esters is 3. The van der Waals surface area contributed by atoms with Crippen LogP contribution in [0.25, 0.3) is 0 Å². The molecule has 1 aliphatic heterocycles. The van der Waals surface area contributed by atoms with Crippen LogP contribution in [0.1, 0.15) is 31.3 Å². The number of rotatable bonds is 6. The van der Waals surface area contributed by atoms with E-state index in [1.54, 1.807) is 0 Å². The first-order valence-electron chi connectivity index (χ1n) is 7.82. The number of hydrogen-bond donors (Lipinski definition) is 2. The van der Waals surface area contributed by atoms with Gasteiger partial charge in [-0.3, -0.25) is 19.2 Å². The summed E-state index contributed by atoms with van der Waals surface area (Å²) in [4.78, 5) is 52.0. The molecule has 2 heterocycles. The van der Waals surface area contributed by atoms with E-state index in [9.17, 15) is 19.2 Å².